The maximum absolute atomic E-state index is 5.48. The van der Waals surface area contributed by atoms with Crippen molar-refractivity contribution >= 4 is 11.6 Å². The Morgan fingerprint density at radius 2 is 2.24 bits per heavy atom. The van der Waals surface area contributed by atoms with Crippen molar-refractivity contribution in [1.82, 2.24) is 9.97 Å². The molecular formula is C16H17N3O2. The molecule has 0 aliphatic carbocycles. The van der Waals surface area contributed by atoms with Crippen LogP contribution in [0.5, 0.6) is 0 Å². The summed E-state index contributed by atoms with van der Waals surface area (Å²) in [5, 5.41) is 0. The lowest BCUT2D eigenvalue weighted by atomic mass is 10.1. The van der Waals surface area contributed by atoms with Crippen molar-refractivity contribution in [3.05, 3.63) is 47.3 Å². The average molecular weight is 283 g/mol. The van der Waals surface area contributed by atoms with Gasteiger partial charge >= 0.3 is 0 Å². The second kappa shape index (κ2) is 4.79. The number of epoxide rings is 1. The summed E-state index contributed by atoms with van der Waals surface area (Å²) in [6.45, 7) is 2.90. The molecule has 3 heterocycles. The number of benzene rings is 1. The summed E-state index contributed by atoms with van der Waals surface area (Å²) < 4.78 is 10.7. The Balaban J connectivity index is 1.64. The molecule has 0 radical (unpaired) electrons. The minimum absolute atomic E-state index is 0.0827. The second-order valence-corrected chi connectivity index (χ2v) is 5.45. The molecule has 0 amide bonds. The molecule has 0 spiro atoms. The molecule has 21 heavy (non-hydrogen) atoms. The van der Waals surface area contributed by atoms with Crippen LogP contribution in [0, 0.1) is 6.92 Å². The number of aromatic nitrogens is 2. The summed E-state index contributed by atoms with van der Waals surface area (Å²) >= 11 is 0. The molecule has 0 N–H and O–H groups in total. The van der Waals surface area contributed by atoms with Crippen LogP contribution >= 0.6 is 0 Å². The fraction of sp³-hybridized carbons (Fsp3) is 0.375. The molecule has 1 aromatic carbocycles. The first-order valence-electron chi connectivity index (χ1n) is 7.14. The molecule has 2 aliphatic rings. The van der Waals surface area contributed by atoms with E-state index in [0.717, 1.165) is 24.6 Å². The Hall–Kier alpha value is -1.98. The van der Waals surface area contributed by atoms with Gasteiger partial charge in [0.25, 0.3) is 0 Å². The van der Waals surface area contributed by atoms with Crippen molar-refractivity contribution in [2.45, 2.75) is 25.7 Å². The summed E-state index contributed by atoms with van der Waals surface area (Å²) in [7, 11) is 1.68. The smallest absolute Gasteiger partial charge is 0.230 e. The van der Waals surface area contributed by atoms with Gasteiger partial charge in [0.15, 0.2) is 6.29 Å². The number of rotatable bonds is 3. The van der Waals surface area contributed by atoms with Gasteiger partial charge in [0.05, 0.1) is 0 Å². The zero-order valence-electron chi connectivity index (χ0n) is 12.1. The molecular weight excluding hydrogens is 266 g/mol. The first-order chi connectivity index (χ1) is 10.3. The van der Waals surface area contributed by atoms with Crippen LogP contribution in [0.2, 0.25) is 0 Å². The van der Waals surface area contributed by atoms with Crippen LogP contribution in [0.1, 0.15) is 22.9 Å². The van der Waals surface area contributed by atoms with E-state index in [1.165, 1.54) is 16.8 Å². The maximum Gasteiger partial charge on any atom is 0.230 e. The van der Waals surface area contributed by atoms with E-state index in [1.54, 1.807) is 7.11 Å². The highest BCUT2D eigenvalue weighted by Gasteiger charge is 2.41. The molecule has 0 bridgehead atoms. The van der Waals surface area contributed by atoms with E-state index in [-0.39, 0.29) is 12.4 Å². The van der Waals surface area contributed by atoms with Crippen LogP contribution in [-0.4, -0.2) is 29.9 Å². The van der Waals surface area contributed by atoms with Gasteiger partial charge in [-0.3, -0.25) is 0 Å². The van der Waals surface area contributed by atoms with Gasteiger partial charge < -0.3 is 14.4 Å². The molecule has 2 atom stereocenters. The molecule has 5 nitrogen and oxygen atoms in total. The average Bonchev–Trinajstić information content (AvgIpc) is 3.18. The molecule has 1 fully saturated rings. The van der Waals surface area contributed by atoms with Gasteiger partial charge in [-0.05, 0) is 36.6 Å². The second-order valence-electron chi connectivity index (χ2n) is 5.45. The summed E-state index contributed by atoms with van der Waals surface area (Å²) in [6, 6.07) is 8.38. The Morgan fingerprint density at radius 3 is 3.00 bits per heavy atom. The lowest BCUT2D eigenvalue weighted by Crippen LogP contribution is -2.16. The predicted molar refractivity (Wildman–Crippen MR) is 78.5 cm³/mol. The highest BCUT2D eigenvalue weighted by Crippen LogP contribution is 2.42. The first kappa shape index (κ1) is 12.7. The van der Waals surface area contributed by atoms with Gasteiger partial charge in [-0.2, -0.15) is 0 Å². The van der Waals surface area contributed by atoms with Crippen LogP contribution < -0.4 is 4.90 Å². The van der Waals surface area contributed by atoms with Crippen molar-refractivity contribution in [3.63, 3.8) is 0 Å². The van der Waals surface area contributed by atoms with Gasteiger partial charge in [0, 0.05) is 31.2 Å². The first-order valence-corrected chi connectivity index (χ1v) is 7.14. The third-order valence-corrected chi connectivity index (χ3v) is 4.03. The summed E-state index contributed by atoms with van der Waals surface area (Å²) in [4.78, 5) is 11.1. The van der Waals surface area contributed by atoms with Gasteiger partial charge in [0.2, 0.25) is 5.95 Å². The van der Waals surface area contributed by atoms with Crippen molar-refractivity contribution in [3.8, 4) is 0 Å². The van der Waals surface area contributed by atoms with Crippen molar-refractivity contribution in [2.24, 2.45) is 0 Å². The molecule has 2 unspecified atom stereocenters. The normalized spacial score (nSPS) is 23.2. The third-order valence-electron chi connectivity index (χ3n) is 4.03. The lowest BCUT2D eigenvalue weighted by molar-refractivity contribution is 0.0950. The zero-order chi connectivity index (χ0) is 14.4. The van der Waals surface area contributed by atoms with E-state index >= 15 is 0 Å². The fourth-order valence-electron chi connectivity index (χ4n) is 2.89. The molecule has 2 aromatic rings. The maximum atomic E-state index is 5.48. The third kappa shape index (κ3) is 2.18. The predicted octanol–water partition coefficient (Wildman–Crippen LogP) is 2.52. The molecule has 0 saturated carbocycles. The number of ether oxygens (including phenoxy) is 2. The van der Waals surface area contributed by atoms with Crippen LogP contribution in [-0.2, 0) is 15.9 Å². The summed E-state index contributed by atoms with van der Waals surface area (Å²) in [5.41, 5.74) is 4.69. The van der Waals surface area contributed by atoms with E-state index < -0.39 is 0 Å². The van der Waals surface area contributed by atoms with E-state index in [9.17, 15) is 0 Å². The number of fused-ring (bicyclic) bond motifs is 1. The quantitative estimate of drug-likeness (QED) is 0.810. The number of hydrogen-bond acceptors (Lipinski definition) is 5. The topological polar surface area (TPSA) is 50.8 Å². The van der Waals surface area contributed by atoms with E-state index in [2.05, 4.69) is 33.1 Å². The molecule has 108 valence electrons. The molecule has 4 rings (SSSR count). The summed E-state index contributed by atoms with van der Waals surface area (Å²) in [6.07, 6.45) is 2.82. The Bertz CT molecular complexity index is 689. The number of aryl methyl sites for hydroxylation is 1. The Kier molecular flexibility index (Phi) is 2.90. The van der Waals surface area contributed by atoms with Gasteiger partial charge in [-0.25, -0.2) is 9.97 Å². The van der Waals surface area contributed by atoms with Crippen LogP contribution in [0.3, 0.4) is 0 Å². The zero-order valence-corrected chi connectivity index (χ0v) is 12.1. The van der Waals surface area contributed by atoms with Crippen molar-refractivity contribution in [2.75, 3.05) is 18.6 Å². The fourth-order valence-corrected chi connectivity index (χ4v) is 2.89. The number of hydrogen-bond donors (Lipinski definition) is 0. The lowest BCUT2D eigenvalue weighted by Gasteiger charge is -2.17. The minimum Gasteiger partial charge on any atom is -0.353 e. The minimum atomic E-state index is -0.0827. The molecule has 1 saturated heterocycles. The van der Waals surface area contributed by atoms with Gasteiger partial charge in [-0.1, -0.05) is 12.1 Å². The largest absolute Gasteiger partial charge is 0.353 e. The SMILES string of the molecule is COC1OC1c1ccc2c(c1)CCN2c1nccc(C)n1. The van der Waals surface area contributed by atoms with E-state index in [4.69, 9.17) is 9.47 Å². The monoisotopic (exact) mass is 283 g/mol. The van der Waals surface area contributed by atoms with E-state index in [1.807, 2.05) is 19.2 Å². The highest BCUT2D eigenvalue weighted by atomic mass is 16.8. The molecule has 1 aromatic heterocycles. The van der Waals surface area contributed by atoms with Gasteiger partial charge in [-0.15, -0.1) is 0 Å². The van der Waals surface area contributed by atoms with Crippen LogP contribution in [0.15, 0.2) is 30.5 Å². The van der Waals surface area contributed by atoms with Crippen LogP contribution in [0.25, 0.3) is 0 Å². The van der Waals surface area contributed by atoms with Crippen molar-refractivity contribution < 1.29 is 9.47 Å². The van der Waals surface area contributed by atoms with Crippen molar-refractivity contribution in [1.29, 1.82) is 0 Å². The standard InChI is InChI=1S/C16H17N3O2/c1-10-5-7-17-16(18-10)19-8-6-11-9-12(3-4-13(11)19)14-15(20-2)21-14/h3-5,7,9,14-15H,6,8H2,1-2H3. The van der Waals surface area contributed by atoms with Gasteiger partial charge in [0.1, 0.15) is 6.10 Å². The Morgan fingerprint density at radius 1 is 1.33 bits per heavy atom. The van der Waals surface area contributed by atoms with Crippen LogP contribution in [0.4, 0.5) is 11.6 Å². The Labute approximate surface area is 123 Å². The summed E-state index contributed by atoms with van der Waals surface area (Å²) in [5.74, 6) is 0.777. The number of methoxy groups -OCH3 is 1. The molecule has 2 aliphatic heterocycles. The van der Waals surface area contributed by atoms with E-state index in [0.29, 0.717) is 0 Å². The highest BCUT2D eigenvalue weighted by molar-refractivity contribution is 5.66. The number of nitrogens with zero attached hydrogens (tertiary/aromatic N) is 3. The number of anilines is 2. The molecule has 5 heteroatoms.